The average molecular weight is 218 g/mol. The monoisotopic (exact) mass is 218 g/mol. The van der Waals surface area contributed by atoms with E-state index in [-0.39, 0.29) is 18.3 Å². The van der Waals surface area contributed by atoms with Crippen molar-refractivity contribution in [3.8, 4) is 18.1 Å². The van der Waals surface area contributed by atoms with Crippen LogP contribution in [0.25, 0.3) is 0 Å². The topological polar surface area (TPSA) is 26.3 Å². The zero-order valence-corrected chi connectivity index (χ0v) is 8.92. The summed E-state index contributed by atoms with van der Waals surface area (Å²) in [6.07, 6.45) is 4.86. The number of terminal acetylenes is 1. The van der Waals surface area contributed by atoms with Gasteiger partial charge >= 0.3 is 0 Å². The van der Waals surface area contributed by atoms with Crippen LogP contribution in [0.1, 0.15) is 6.42 Å². The largest absolute Gasteiger partial charge is 0.481 e. The normalized spacial score (nSPS) is 18.5. The molecule has 0 aliphatic carbocycles. The number of carbonyl (C=O) groups excluding carboxylic acids is 1. The Kier molecular flexibility index (Phi) is 2.98. The number of hydrogen-bond donors (Lipinski definition) is 0. The van der Waals surface area contributed by atoms with Crippen molar-refractivity contribution in [1.29, 1.82) is 0 Å². The first kappa shape index (κ1) is 10.1. The molecule has 2 rings (SSSR count). The summed E-state index contributed by atoms with van der Waals surface area (Å²) in [4.78, 5) is 12.6. The second-order valence-corrected chi connectivity index (χ2v) is 4.27. The molecular weight excluding hydrogens is 208 g/mol. The van der Waals surface area contributed by atoms with Crippen molar-refractivity contribution in [2.45, 2.75) is 17.4 Å². The first-order valence-electron chi connectivity index (χ1n) is 4.66. The van der Waals surface area contributed by atoms with Crippen molar-refractivity contribution in [3.05, 3.63) is 24.3 Å². The summed E-state index contributed by atoms with van der Waals surface area (Å²) >= 11 is 1.64. The molecule has 1 unspecified atom stereocenters. The van der Waals surface area contributed by atoms with Gasteiger partial charge in [-0.25, -0.2) is 0 Å². The predicted molar refractivity (Wildman–Crippen MR) is 60.0 cm³/mol. The molecule has 1 aliphatic heterocycles. The Bertz CT molecular complexity index is 420. The van der Waals surface area contributed by atoms with Gasteiger partial charge in [-0.15, -0.1) is 18.2 Å². The molecule has 0 saturated heterocycles. The SMILES string of the molecule is C#CCC(=O)C1CSc2ccccc2O1. The average Bonchev–Trinajstić information content (AvgIpc) is 2.29. The van der Waals surface area contributed by atoms with Crippen molar-refractivity contribution >= 4 is 17.5 Å². The first-order valence-corrected chi connectivity index (χ1v) is 5.64. The summed E-state index contributed by atoms with van der Waals surface area (Å²) in [5.74, 6) is 3.77. The summed E-state index contributed by atoms with van der Waals surface area (Å²) < 4.78 is 5.58. The number of rotatable bonds is 2. The number of ketones is 1. The standard InChI is InChI=1S/C12H10O2S/c1-2-5-9(13)11-8-15-12-7-4-3-6-10(12)14-11/h1,3-4,6-7,11H,5,8H2. The number of fused-ring (bicyclic) bond motifs is 1. The Labute approximate surface area is 93.0 Å². The molecule has 15 heavy (non-hydrogen) atoms. The summed E-state index contributed by atoms with van der Waals surface area (Å²) in [5.41, 5.74) is 0. The molecule has 0 saturated carbocycles. The zero-order valence-electron chi connectivity index (χ0n) is 8.10. The highest BCUT2D eigenvalue weighted by Crippen LogP contribution is 2.35. The molecule has 0 N–H and O–H groups in total. The lowest BCUT2D eigenvalue weighted by Gasteiger charge is -2.23. The fourth-order valence-electron chi connectivity index (χ4n) is 1.39. The first-order chi connectivity index (χ1) is 7.31. The van der Waals surface area contributed by atoms with E-state index < -0.39 is 0 Å². The van der Waals surface area contributed by atoms with Crippen LogP contribution in [0, 0.1) is 12.3 Å². The van der Waals surface area contributed by atoms with Crippen molar-refractivity contribution in [1.82, 2.24) is 0 Å². The van der Waals surface area contributed by atoms with E-state index in [0.717, 1.165) is 10.6 Å². The second kappa shape index (κ2) is 4.41. The summed E-state index contributed by atoms with van der Waals surface area (Å²) in [5, 5.41) is 0. The van der Waals surface area contributed by atoms with E-state index in [4.69, 9.17) is 11.2 Å². The van der Waals surface area contributed by atoms with Crippen LogP contribution in [-0.4, -0.2) is 17.6 Å². The Morgan fingerprint density at radius 1 is 1.60 bits per heavy atom. The van der Waals surface area contributed by atoms with Crippen molar-refractivity contribution in [2.24, 2.45) is 0 Å². The molecule has 0 aromatic heterocycles. The van der Waals surface area contributed by atoms with Gasteiger partial charge in [0, 0.05) is 10.6 Å². The highest BCUT2D eigenvalue weighted by molar-refractivity contribution is 7.99. The van der Waals surface area contributed by atoms with Crippen molar-refractivity contribution < 1.29 is 9.53 Å². The smallest absolute Gasteiger partial charge is 0.185 e. The van der Waals surface area contributed by atoms with Crippen LogP contribution in [0.4, 0.5) is 0 Å². The lowest BCUT2D eigenvalue weighted by atomic mass is 10.2. The molecular formula is C12H10O2S. The number of para-hydroxylation sites is 1. The Morgan fingerprint density at radius 2 is 2.40 bits per heavy atom. The summed E-state index contributed by atoms with van der Waals surface area (Å²) in [6, 6.07) is 7.71. The molecule has 1 aromatic rings. The van der Waals surface area contributed by atoms with Gasteiger partial charge in [-0.3, -0.25) is 4.79 Å². The molecule has 0 amide bonds. The van der Waals surface area contributed by atoms with Crippen LogP contribution < -0.4 is 4.74 Å². The molecule has 0 bridgehead atoms. The van der Waals surface area contributed by atoms with Gasteiger partial charge in [-0.2, -0.15) is 0 Å². The zero-order chi connectivity index (χ0) is 10.7. The van der Waals surface area contributed by atoms with E-state index in [1.54, 1.807) is 11.8 Å². The van der Waals surface area contributed by atoms with Gasteiger partial charge in [0.25, 0.3) is 0 Å². The van der Waals surface area contributed by atoms with E-state index in [0.29, 0.717) is 5.75 Å². The van der Waals surface area contributed by atoms with Gasteiger partial charge in [-0.1, -0.05) is 18.1 Å². The van der Waals surface area contributed by atoms with E-state index in [2.05, 4.69) is 5.92 Å². The third-order valence-electron chi connectivity index (χ3n) is 2.14. The Morgan fingerprint density at radius 3 is 3.20 bits per heavy atom. The third kappa shape index (κ3) is 2.16. The van der Waals surface area contributed by atoms with Crippen LogP contribution in [0.3, 0.4) is 0 Å². The highest BCUT2D eigenvalue weighted by atomic mass is 32.2. The van der Waals surface area contributed by atoms with Gasteiger partial charge in [0.2, 0.25) is 0 Å². The Hall–Kier alpha value is -1.40. The molecule has 1 atom stereocenters. The molecule has 1 heterocycles. The number of carbonyl (C=O) groups is 1. The van der Waals surface area contributed by atoms with E-state index >= 15 is 0 Å². The highest BCUT2D eigenvalue weighted by Gasteiger charge is 2.25. The van der Waals surface area contributed by atoms with E-state index in [1.165, 1.54) is 0 Å². The maximum Gasteiger partial charge on any atom is 0.185 e. The lowest BCUT2D eigenvalue weighted by Crippen LogP contribution is -2.31. The summed E-state index contributed by atoms with van der Waals surface area (Å²) in [6.45, 7) is 0. The lowest BCUT2D eigenvalue weighted by molar-refractivity contribution is -0.124. The fourth-order valence-corrected chi connectivity index (χ4v) is 2.41. The molecule has 0 spiro atoms. The molecule has 1 aliphatic rings. The van der Waals surface area contributed by atoms with E-state index in [1.807, 2.05) is 24.3 Å². The number of thioether (sulfide) groups is 1. The quantitative estimate of drug-likeness (QED) is 0.711. The predicted octanol–water partition coefficient (Wildman–Crippen LogP) is 2.13. The van der Waals surface area contributed by atoms with Crippen LogP contribution in [-0.2, 0) is 4.79 Å². The van der Waals surface area contributed by atoms with Crippen molar-refractivity contribution in [3.63, 3.8) is 0 Å². The minimum absolute atomic E-state index is 0.0143. The van der Waals surface area contributed by atoms with Crippen LogP contribution in [0.2, 0.25) is 0 Å². The van der Waals surface area contributed by atoms with Gasteiger partial charge in [0.05, 0.1) is 6.42 Å². The third-order valence-corrected chi connectivity index (χ3v) is 3.26. The van der Waals surface area contributed by atoms with E-state index in [9.17, 15) is 4.79 Å². The maximum absolute atomic E-state index is 11.5. The van der Waals surface area contributed by atoms with Crippen LogP contribution >= 0.6 is 11.8 Å². The summed E-state index contributed by atoms with van der Waals surface area (Å²) in [7, 11) is 0. The van der Waals surface area contributed by atoms with Gasteiger partial charge in [0.1, 0.15) is 5.75 Å². The van der Waals surface area contributed by atoms with Gasteiger partial charge in [-0.05, 0) is 12.1 Å². The minimum Gasteiger partial charge on any atom is -0.481 e. The number of ether oxygens (including phenoxy) is 1. The van der Waals surface area contributed by atoms with Gasteiger partial charge < -0.3 is 4.74 Å². The minimum atomic E-state index is -0.388. The number of hydrogen-bond acceptors (Lipinski definition) is 3. The van der Waals surface area contributed by atoms with Gasteiger partial charge in [0.15, 0.2) is 11.9 Å². The molecule has 2 nitrogen and oxygen atoms in total. The fraction of sp³-hybridized carbons (Fsp3) is 0.250. The maximum atomic E-state index is 11.5. The number of benzene rings is 1. The second-order valence-electron chi connectivity index (χ2n) is 3.21. The van der Waals surface area contributed by atoms with Crippen LogP contribution in [0.5, 0.6) is 5.75 Å². The molecule has 1 aromatic carbocycles. The number of Topliss-reactive ketones (excluding diaryl/α,β-unsaturated/α-hetero) is 1. The molecule has 0 fully saturated rings. The molecule has 0 radical (unpaired) electrons. The van der Waals surface area contributed by atoms with Crippen molar-refractivity contribution in [2.75, 3.05) is 5.75 Å². The molecule has 76 valence electrons. The Balaban J connectivity index is 2.12. The molecule has 3 heteroatoms. The van der Waals surface area contributed by atoms with Crippen LogP contribution in [0.15, 0.2) is 29.2 Å².